The Labute approximate surface area is 136 Å². The first-order valence-electron chi connectivity index (χ1n) is 8.00. The molecule has 2 heterocycles. The summed E-state index contributed by atoms with van der Waals surface area (Å²) in [5, 5.41) is 10.7. The maximum atomic E-state index is 5.09. The summed E-state index contributed by atoms with van der Waals surface area (Å²) in [6, 6.07) is 2.01. The number of aromatic nitrogens is 4. The number of nitrogens with zero attached hydrogens (tertiary/aromatic N) is 4. The van der Waals surface area contributed by atoms with E-state index in [1.165, 1.54) is 24.1 Å². The molecule has 23 heavy (non-hydrogen) atoms. The van der Waals surface area contributed by atoms with Crippen LogP contribution in [0.1, 0.15) is 35.5 Å². The van der Waals surface area contributed by atoms with Crippen LogP contribution >= 0.6 is 0 Å². The van der Waals surface area contributed by atoms with Gasteiger partial charge in [0.25, 0.3) is 0 Å². The standard InChI is InChI=1S/C16H24N6O/c1-22(2)16-18-14-7-5-4-6-13(14)15(19-16)17-9-11-8-12(10-23-3)21-20-11/h8H,4-7,9-10H2,1-3H3,(H,20,21)(H,17,18,19). The monoisotopic (exact) mass is 316 g/mol. The summed E-state index contributed by atoms with van der Waals surface area (Å²) in [5.74, 6) is 1.71. The van der Waals surface area contributed by atoms with Gasteiger partial charge in [-0.2, -0.15) is 10.1 Å². The molecule has 0 atom stereocenters. The second-order valence-corrected chi connectivity index (χ2v) is 6.07. The predicted molar refractivity (Wildman–Crippen MR) is 89.6 cm³/mol. The van der Waals surface area contributed by atoms with E-state index in [0.717, 1.165) is 36.0 Å². The van der Waals surface area contributed by atoms with Crippen LogP contribution in [0.2, 0.25) is 0 Å². The molecule has 0 bridgehead atoms. The van der Waals surface area contributed by atoms with Gasteiger partial charge in [0.15, 0.2) is 0 Å². The van der Waals surface area contributed by atoms with Crippen LogP contribution in [-0.4, -0.2) is 41.4 Å². The van der Waals surface area contributed by atoms with Gasteiger partial charge < -0.3 is 15.0 Å². The number of anilines is 2. The Morgan fingerprint density at radius 2 is 2.09 bits per heavy atom. The van der Waals surface area contributed by atoms with E-state index in [-0.39, 0.29) is 0 Å². The molecule has 2 N–H and O–H groups in total. The van der Waals surface area contributed by atoms with Gasteiger partial charge >= 0.3 is 0 Å². The van der Waals surface area contributed by atoms with Crippen LogP contribution in [0.4, 0.5) is 11.8 Å². The van der Waals surface area contributed by atoms with Gasteiger partial charge in [-0.05, 0) is 31.7 Å². The fraction of sp³-hybridized carbons (Fsp3) is 0.562. The van der Waals surface area contributed by atoms with Crippen LogP contribution in [0.3, 0.4) is 0 Å². The maximum Gasteiger partial charge on any atom is 0.227 e. The fourth-order valence-corrected chi connectivity index (χ4v) is 2.83. The van der Waals surface area contributed by atoms with Crippen molar-refractivity contribution in [2.75, 3.05) is 31.4 Å². The van der Waals surface area contributed by atoms with E-state index < -0.39 is 0 Å². The van der Waals surface area contributed by atoms with E-state index in [1.807, 2.05) is 25.1 Å². The molecule has 3 rings (SSSR count). The van der Waals surface area contributed by atoms with Crippen LogP contribution in [0.15, 0.2) is 6.07 Å². The van der Waals surface area contributed by atoms with Gasteiger partial charge in [-0.15, -0.1) is 0 Å². The van der Waals surface area contributed by atoms with Crippen molar-refractivity contribution in [1.82, 2.24) is 20.2 Å². The summed E-state index contributed by atoms with van der Waals surface area (Å²) in [7, 11) is 5.61. The number of fused-ring (bicyclic) bond motifs is 1. The number of aromatic amines is 1. The molecular formula is C16H24N6O. The van der Waals surface area contributed by atoms with Gasteiger partial charge in [-0.25, -0.2) is 4.98 Å². The topological polar surface area (TPSA) is 79.0 Å². The number of nitrogens with one attached hydrogen (secondary N) is 2. The highest BCUT2D eigenvalue weighted by atomic mass is 16.5. The average molecular weight is 316 g/mol. The third kappa shape index (κ3) is 3.61. The molecule has 124 valence electrons. The molecule has 0 saturated carbocycles. The molecule has 1 aliphatic rings. The average Bonchev–Trinajstić information content (AvgIpc) is 3.00. The molecule has 2 aromatic heterocycles. The Kier molecular flexibility index (Phi) is 4.76. The Morgan fingerprint density at radius 3 is 2.87 bits per heavy atom. The Bertz CT molecular complexity index is 667. The molecule has 7 heteroatoms. The maximum absolute atomic E-state index is 5.09. The van der Waals surface area contributed by atoms with E-state index >= 15 is 0 Å². The first-order valence-corrected chi connectivity index (χ1v) is 8.00. The molecule has 7 nitrogen and oxygen atoms in total. The number of hydrogen-bond donors (Lipinski definition) is 2. The summed E-state index contributed by atoms with van der Waals surface area (Å²) in [6.45, 7) is 1.18. The highest BCUT2D eigenvalue weighted by Gasteiger charge is 2.18. The minimum absolute atomic E-state index is 0.518. The summed E-state index contributed by atoms with van der Waals surface area (Å²) >= 11 is 0. The second kappa shape index (κ2) is 6.95. The van der Waals surface area contributed by atoms with Crippen molar-refractivity contribution in [2.45, 2.75) is 38.8 Å². The van der Waals surface area contributed by atoms with Gasteiger partial charge in [-0.1, -0.05) is 0 Å². The van der Waals surface area contributed by atoms with Crippen LogP contribution in [0.5, 0.6) is 0 Å². The zero-order chi connectivity index (χ0) is 16.2. The van der Waals surface area contributed by atoms with Crippen molar-refractivity contribution >= 4 is 11.8 Å². The summed E-state index contributed by atoms with van der Waals surface area (Å²) in [5.41, 5.74) is 4.37. The molecule has 0 spiro atoms. The van der Waals surface area contributed by atoms with Crippen LogP contribution < -0.4 is 10.2 Å². The lowest BCUT2D eigenvalue weighted by molar-refractivity contribution is 0.181. The first kappa shape index (κ1) is 15.7. The minimum Gasteiger partial charge on any atom is -0.378 e. The predicted octanol–water partition coefficient (Wildman–Crippen LogP) is 1.90. The van der Waals surface area contributed by atoms with Gasteiger partial charge in [0.05, 0.1) is 30.2 Å². The second-order valence-electron chi connectivity index (χ2n) is 6.07. The fourth-order valence-electron chi connectivity index (χ4n) is 2.83. The quantitative estimate of drug-likeness (QED) is 0.847. The summed E-state index contributed by atoms with van der Waals surface area (Å²) < 4.78 is 5.09. The number of hydrogen-bond acceptors (Lipinski definition) is 6. The molecular weight excluding hydrogens is 292 g/mol. The van der Waals surface area contributed by atoms with Crippen LogP contribution in [-0.2, 0) is 30.7 Å². The Hall–Kier alpha value is -2.15. The van der Waals surface area contributed by atoms with Crippen LogP contribution in [0.25, 0.3) is 0 Å². The number of H-pyrrole nitrogens is 1. The molecule has 0 fully saturated rings. The third-order valence-corrected chi connectivity index (χ3v) is 3.99. The minimum atomic E-state index is 0.518. The van der Waals surface area contributed by atoms with E-state index in [0.29, 0.717) is 13.2 Å². The van der Waals surface area contributed by atoms with Gasteiger partial charge in [-0.3, -0.25) is 5.10 Å². The van der Waals surface area contributed by atoms with E-state index in [2.05, 4.69) is 20.5 Å². The number of rotatable bonds is 6. The zero-order valence-corrected chi connectivity index (χ0v) is 14.0. The number of aryl methyl sites for hydroxylation is 1. The molecule has 1 aliphatic carbocycles. The normalized spacial score (nSPS) is 13.7. The van der Waals surface area contributed by atoms with E-state index in [9.17, 15) is 0 Å². The van der Waals surface area contributed by atoms with Gasteiger partial charge in [0, 0.05) is 26.8 Å². The van der Waals surface area contributed by atoms with Crippen molar-refractivity contribution in [3.05, 3.63) is 28.7 Å². The van der Waals surface area contributed by atoms with Crippen molar-refractivity contribution in [3.8, 4) is 0 Å². The Balaban J connectivity index is 1.79. The van der Waals surface area contributed by atoms with E-state index in [1.54, 1.807) is 7.11 Å². The molecule has 0 saturated heterocycles. The van der Waals surface area contributed by atoms with E-state index in [4.69, 9.17) is 9.72 Å². The SMILES string of the molecule is COCc1cc(CNc2nc(N(C)C)nc3c2CCCC3)[nH]n1. The largest absolute Gasteiger partial charge is 0.378 e. The molecule has 0 aromatic carbocycles. The molecule has 0 radical (unpaired) electrons. The summed E-state index contributed by atoms with van der Waals surface area (Å²) in [6.07, 6.45) is 4.49. The lowest BCUT2D eigenvalue weighted by Gasteiger charge is -2.21. The Morgan fingerprint density at radius 1 is 1.26 bits per heavy atom. The molecule has 2 aromatic rings. The number of ether oxygens (including phenoxy) is 1. The van der Waals surface area contributed by atoms with Crippen molar-refractivity contribution < 1.29 is 4.74 Å². The molecule has 0 aliphatic heterocycles. The zero-order valence-electron chi connectivity index (χ0n) is 14.0. The highest BCUT2D eigenvalue weighted by molar-refractivity contribution is 5.52. The van der Waals surface area contributed by atoms with Crippen LogP contribution in [0, 0.1) is 0 Å². The summed E-state index contributed by atoms with van der Waals surface area (Å²) in [4.78, 5) is 11.3. The van der Waals surface area contributed by atoms with Crippen molar-refractivity contribution in [3.63, 3.8) is 0 Å². The third-order valence-electron chi connectivity index (χ3n) is 3.99. The lowest BCUT2D eigenvalue weighted by Crippen LogP contribution is -2.19. The highest BCUT2D eigenvalue weighted by Crippen LogP contribution is 2.27. The first-order chi connectivity index (χ1) is 11.2. The lowest BCUT2D eigenvalue weighted by atomic mass is 9.96. The van der Waals surface area contributed by atoms with Crippen molar-refractivity contribution in [1.29, 1.82) is 0 Å². The molecule has 0 unspecified atom stereocenters. The smallest absolute Gasteiger partial charge is 0.227 e. The molecule has 0 amide bonds. The van der Waals surface area contributed by atoms with Gasteiger partial charge in [0.1, 0.15) is 5.82 Å². The van der Waals surface area contributed by atoms with Gasteiger partial charge in [0.2, 0.25) is 5.95 Å². The van der Waals surface area contributed by atoms with Crippen molar-refractivity contribution in [2.24, 2.45) is 0 Å². The number of methoxy groups -OCH3 is 1.